The first-order chi connectivity index (χ1) is 8.31. The fourth-order valence-electron chi connectivity index (χ4n) is 1.87. The molecule has 0 aromatic rings. The standard InChI is InChI=1S/C14H31NO2/c1-3-5-6-7-8-9-10-11-12-14(16)13-15-17-4-2/h14-16H,3-13H2,1-2H3. The Morgan fingerprint density at radius 1 is 0.941 bits per heavy atom. The Labute approximate surface area is 107 Å². The van der Waals surface area contributed by atoms with Crippen LogP contribution in [0.25, 0.3) is 0 Å². The lowest BCUT2D eigenvalue weighted by molar-refractivity contribution is 0.0189. The van der Waals surface area contributed by atoms with Gasteiger partial charge in [-0.1, -0.05) is 58.3 Å². The quantitative estimate of drug-likeness (QED) is 0.386. The molecule has 3 heteroatoms. The number of hydrogen-bond donors (Lipinski definition) is 2. The zero-order chi connectivity index (χ0) is 12.8. The van der Waals surface area contributed by atoms with Crippen molar-refractivity contribution in [3.8, 4) is 0 Å². The van der Waals surface area contributed by atoms with Gasteiger partial charge >= 0.3 is 0 Å². The smallest absolute Gasteiger partial charge is 0.0687 e. The van der Waals surface area contributed by atoms with E-state index in [1.165, 1.54) is 44.9 Å². The molecule has 104 valence electrons. The minimum absolute atomic E-state index is 0.262. The van der Waals surface area contributed by atoms with Gasteiger partial charge in [0.05, 0.1) is 12.7 Å². The molecule has 0 aliphatic heterocycles. The third-order valence-electron chi connectivity index (χ3n) is 2.96. The van der Waals surface area contributed by atoms with Gasteiger partial charge in [0, 0.05) is 6.54 Å². The fraction of sp³-hybridized carbons (Fsp3) is 1.00. The van der Waals surface area contributed by atoms with E-state index >= 15 is 0 Å². The van der Waals surface area contributed by atoms with Crippen LogP contribution in [0.3, 0.4) is 0 Å². The molecule has 0 amide bonds. The average Bonchev–Trinajstić information content (AvgIpc) is 2.33. The summed E-state index contributed by atoms with van der Waals surface area (Å²) in [5.41, 5.74) is 2.76. The summed E-state index contributed by atoms with van der Waals surface area (Å²) in [6.45, 7) is 5.37. The molecule has 0 fully saturated rings. The van der Waals surface area contributed by atoms with Gasteiger partial charge in [-0.15, -0.1) is 0 Å². The van der Waals surface area contributed by atoms with Crippen LogP contribution in [0.5, 0.6) is 0 Å². The number of rotatable bonds is 13. The van der Waals surface area contributed by atoms with E-state index in [1.807, 2.05) is 6.92 Å². The largest absolute Gasteiger partial charge is 0.392 e. The molecule has 0 saturated heterocycles. The molecule has 3 nitrogen and oxygen atoms in total. The maximum atomic E-state index is 9.61. The van der Waals surface area contributed by atoms with E-state index in [2.05, 4.69) is 12.4 Å². The van der Waals surface area contributed by atoms with Gasteiger partial charge in [-0.05, 0) is 13.3 Å². The first kappa shape index (κ1) is 16.9. The van der Waals surface area contributed by atoms with Crippen LogP contribution < -0.4 is 5.48 Å². The van der Waals surface area contributed by atoms with Crippen molar-refractivity contribution < 1.29 is 9.94 Å². The molecule has 1 unspecified atom stereocenters. The van der Waals surface area contributed by atoms with Crippen LogP contribution >= 0.6 is 0 Å². The van der Waals surface area contributed by atoms with Crippen LogP contribution in [0.15, 0.2) is 0 Å². The highest BCUT2D eigenvalue weighted by atomic mass is 16.6. The number of unbranched alkanes of at least 4 members (excludes halogenated alkanes) is 7. The summed E-state index contributed by atoms with van der Waals surface area (Å²) in [5, 5.41) is 9.61. The van der Waals surface area contributed by atoms with Crippen LogP contribution in [0, 0.1) is 0 Å². The lowest BCUT2D eigenvalue weighted by Gasteiger charge is -2.10. The molecule has 0 saturated carbocycles. The van der Waals surface area contributed by atoms with Gasteiger partial charge in [0.1, 0.15) is 0 Å². The van der Waals surface area contributed by atoms with Crippen molar-refractivity contribution in [2.75, 3.05) is 13.2 Å². The maximum absolute atomic E-state index is 9.61. The lowest BCUT2D eigenvalue weighted by Crippen LogP contribution is -2.26. The summed E-state index contributed by atoms with van der Waals surface area (Å²) in [7, 11) is 0. The van der Waals surface area contributed by atoms with E-state index in [4.69, 9.17) is 4.84 Å². The van der Waals surface area contributed by atoms with Crippen LogP contribution in [-0.2, 0) is 4.84 Å². The molecule has 0 radical (unpaired) electrons. The normalized spacial score (nSPS) is 12.9. The highest BCUT2D eigenvalue weighted by Gasteiger charge is 2.02. The third-order valence-corrected chi connectivity index (χ3v) is 2.96. The molecular weight excluding hydrogens is 214 g/mol. The molecular formula is C14H31NO2. The maximum Gasteiger partial charge on any atom is 0.0687 e. The van der Waals surface area contributed by atoms with E-state index in [9.17, 15) is 5.11 Å². The number of nitrogens with one attached hydrogen (secondary N) is 1. The van der Waals surface area contributed by atoms with Gasteiger partial charge in [-0.2, -0.15) is 5.48 Å². The van der Waals surface area contributed by atoms with Gasteiger partial charge < -0.3 is 9.94 Å². The highest BCUT2D eigenvalue weighted by Crippen LogP contribution is 2.10. The number of aliphatic hydroxyl groups is 1. The molecule has 17 heavy (non-hydrogen) atoms. The molecule has 0 aromatic heterocycles. The Balaban J connectivity index is 3.05. The average molecular weight is 245 g/mol. The van der Waals surface area contributed by atoms with Crippen LogP contribution in [0.4, 0.5) is 0 Å². The number of hydrogen-bond acceptors (Lipinski definition) is 3. The number of aliphatic hydroxyl groups excluding tert-OH is 1. The fourth-order valence-corrected chi connectivity index (χ4v) is 1.87. The van der Waals surface area contributed by atoms with Crippen LogP contribution in [0.1, 0.15) is 71.6 Å². The predicted molar refractivity (Wildman–Crippen MR) is 72.9 cm³/mol. The van der Waals surface area contributed by atoms with Gasteiger partial charge in [-0.3, -0.25) is 0 Å². The van der Waals surface area contributed by atoms with Crippen molar-refractivity contribution in [1.29, 1.82) is 0 Å². The first-order valence-corrected chi connectivity index (χ1v) is 7.34. The minimum atomic E-state index is -0.262. The SMILES string of the molecule is CCCCCCCCCCC(O)CNOCC. The van der Waals surface area contributed by atoms with Crippen molar-refractivity contribution in [3.63, 3.8) is 0 Å². The molecule has 2 N–H and O–H groups in total. The summed E-state index contributed by atoms with van der Waals surface area (Å²) in [6.07, 6.45) is 11.1. The summed E-state index contributed by atoms with van der Waals surface area (Å²) >= 11 is 0. The minimum Gasteiger partial charge on any atom is -0.392 e. The molecule has 0 heterocycles. The Morgan fingerprint density at radius 2 is 1.53 bits per heavy atom. The lowest BCUT2D eigenvalue weighted by atomic mass is 10.1. The Hall–Kier alpha value is -0.120. The molecule has 1 atom stereocenters. The van der Waals surface area contributed by atoms with Crippen molar-refractivity contribution in [2.24, 2.45) is 0 Å². The zero-order valence-electron chi connectivity index (χ0n) is 11.7. The first-order valence-electron chi connectivity index (χ1n) is 7.34. The Bertz CT molecular complexity index is 142. The molecule has 0 spiro atoms. The zero-order valence-corrected chi connectivity index (χ0v) is 11.7. The monoisotopic (exact) mass is 245 g/mol. The van der Waals surface area contributed by atoms with Crippen molar-refractivity contribution >= 4 is 0 Å². The molecule has 0 aliphatic rings. The third kappa shape index (κ3) is 13.8. The second-order valence-corrected chi connectivity index (χ2v) is 4.70. The Kier molecular flexibility index (Phi) is 13.8. The second kappa shape index (κ2) is 13.9. The van der Waals surface area contributed by atoms with Gasteiger partial charge in [0.2, 0.25) is 0 Å². The second-order valence-electron chi connectivity index (χ2n) is 4.70. The van der Waals surface area contributed by atoms with E-state index in [0.717, 1.165) is 12.8 Å². The molecule has 0 aliphatic carbocycles. The summed E-state index contributed by atoms with van der Waals surface area (Å²) < 4.78 is 0. The van der Waals surface area contributed by atoms with Crippen molar-refractivity contribution in [2.45, 2.75) is 77.7 Å². The molecule has 0 bridgehead atoms. The predicted octanol–water partition coefficient (Wildman–Crippen LogP) is 3.42. The van der Waals surface area contributed by atoms with Crippen molar-refractivity contribution in [1.82, 2.24) is 5.48 Å². The van der Waals surface area contributed by atoms with Gasteiger partial charge in [-0.25, -0.2) is 0 Å². The van der Waals surface area contributed by atoms with E-state index in [1.54, 1.807) is 0 Å². The topological polar surface area (TPSA) is 41.5 Å². The molecule has 0 rings (SSSR count). The van der Waals surface area contributed by atoms with E-state index in [0.29, 0.717) is 13.2 Å². The van der Waals surface area contributed by atoms with E-state index in [-0.39, 0.29) is 6.10 Å². The Morgan fingerprint density at radius 3 is 2.12 bits per heavy atom. The van der Waals surface area contributed by atoms with Gasteiger partial charge in [0.15, 0.2) is 0 Å². The molecule has 0 aromatic carbocycles. The van der Waals surface area contributed by atoms with Crippen LogP contribution in [-0.4, -0.2) is 24.4 Å². The van der Waals surface area contributed by atoms with Crippen molar-refractivity contribution in [3.05, 3.63) is 0 Å². The summed E-state index contributed by atoms with van der Waals surface area (Å²) in [4.78, 5) is 4.98. The number of hydroxylamine groups is 1. The van der Waals surface area contributed by atoms with Crippen LogP contribution in [0.2, 0.25) is 0 Å². The summed E-state index contributed by atoms with van der Waals surface area (Å²) in [5.74, 6) is 0. The summed E-state index contributed by atoms with van der Waals surface area (Å²) in [6, 6.07) is 0. The van der Waals surface area contributed by atoms with E-state index < -0.39 is 0 Å². The van der Waals surface area contributed by atoms with Gasteiger partial charge in [0.25, 0.3) is 0 Å². The highest BCUT2D eigenvalue weighted by molar-refractivity contribution is 4.56.